The van der Waals surface area contributed by atoms with E-state index < -0.39 is 0 Å². The van der Waals surface area contributed by atoms with Gasteiger partial charge < -0.3 is 5.32 Å². The zero-order valence-electron chi connectivity index (χ0n) is 7.45. The van der Waals surface area contributed by atoms with Gasteiger partial charge in [0.15, 0.2) is 5.82 Å². The number of H-pyrrole nitrogens is 1. The van der Waals surface area contributed by atoms with Gasteiger partial charge in [0.05, 0.1) is 15.3 Å². The molecule has 0 bridgehead atoms. The van der Waals surface area contributed by atoms with Crippen LogP contribution in [0, 0.1) is 3.57 Å². The molecule has 2 rings (SSSR count). The molecule has 0 atom stereocenters. The van der Waals surface area contributed by atoms with Crippen molar-refractivity contribution in [2.45, 2.75) is 0 Å². The highest BCUT2D eigenvalue weighted by Gasteiger charge is 2.05. The summed E-state index contributed by atoms with van der Waals surface area (Å²) in [6, 6.07) is 0. The van der Waals surface area contributed by atoms with Crippen LogP contribution in [0.15, 0.2) is 18.6 Å². The Balaban J connectivity index is 2.46. The lowest BCUT2D eigenvalue weighted by Crippen LogP contribution is -1.98. The van der Waals surface area contributed by atoms with Gasteiger partial charge in [-0.05, 0) is 22.6 Å². The molecule has 14 heavy (non-hydrogen) atoms. The average molecular weight is 301 g/mol. The molecule has 0 amide bonds. The number of hydrogen-bond donors (Lipinski definition) is 2. The summed E-state index contributed by atoms with van der Waals surface area (Å²) in [5.41, 5.74) is 0.887. The minimum atomic E-state index is 0.670. The molecule has 0 aliphatic rings. The first-order valence-electron chi connectivity index (χ1n) is 4.00. The van der Waals surface area contributed by atoms with Gasteiger partial charge in [-0.25, -0.2) is 9.97 Å². The summed E-state index contributed by atoms with van der Waals surface area (Å²) in [4.78, 5) is 8.55. The second-order valence-electron chi connectivity index (χ2n) is 2.63. The van der Waals surface area contributed by atoms with Gasteiger partial charge in [0, 0.05) is 19.4 Å². The summed E-state index contributed by atoms with van der Waals surface area (Å²) in [7, 11) is 1.84. The van der Waals surface area contributed by atoms with Crippen molar-refractivity contribution in [1.29, 1.82) is 0 Å². The molecule has 0 aliphatic carbocycles. The van der Waals surface area contributed by atoms with Gasteiger partial charge in [-0.2, -0.15) is 5.10 Å². The number of rotatable bonds is 2. The Morgan fingerprint density at radius 1 is 1.43 bits per heavy atom. The molecule has 0 fully saturated rings. The second-order valence-corrected chi connectivity index (χ2v) is 3.79. The Kier molecular flexibility index (Phi) is 2.62. The van der Waals surface area contributed by atoms with Crippen molar-refractivity contribution in [1.82, 2.24) is 20.2 Å². The minimum Gasteiger partial charge on any atom is -0.372 e. The van der Waals surface area contributed by atoms with E-state index in [1.165, 1.54) is 0 Å². The standard InChI is InChI=1S/C8H8IN5/c1-10-8-6(9)4-11-7(14-8)5-2-12-13-3-5/h2-4H,1H3,(H,12,13)(H,10,11,14). The molecular weight excluding hydrogens is 293 g/mol. The normalized spacial score (nSPS) is 10.1. The third-order valence-corrected chi connectivity index (χ3v) is 2.53. The van der Waals surface area contributed by atoms with Gasteiger partial charge in [-0.1, -0.05) is 0 Å². The number of anilines is 1. The predicted molar refractivity (Wildman–Crippen MR) is 61.9 cm³/mol. The molecule has 0 spiro atoms. The Hall–Kier alpha value is -1.18. The highest BCUT2D eigenvalue weighted by Crippen LogP contribution is 2.18. The number of aromatic amines is 1. The molecule has 0 saturated heterocycles. The van der Waals surface area contributed by atoms with Crippen LogP contribution in [0.2, 0.25) is 0 Å². The van der Waals surface area contributed by atoms with Crippen LogP contribution in [0.1, 0.15) is 0 Å². The molecule has 2 aromatic heterocycles. The van der Waals surface area contributed by atoms with Crippen molar-refractivity contribution in [3.05, 3.63) is 22.2 Å². The quantitative estimate of drug-likeness (QED) is 0.825. The lowest BCUT2D eigenvalue weighted by atomic mass is 10.3. The topological polar surface area (TPSA) is 66.5 Å². The fraction of sp³-hybridized carbons (Fsp3) is 0.125. The van der Waals surface area contributed by atoms with Crippen LogP contribution in [-0.2, 0) is 0 Å². The summed E-state index contributed by atoms with van der Waals surface area (Å²) >= 11 is 2.18. The number of aromatic nitrogens is 4. The number of hydrogen-bond acceptors (Lipinski definition) is 4. The van der Waals surface area contributed by atoms with Crippen LogP contribution in [-0.4, -0.2) is 27.2 Å². The molecule has 2 heterocycles. The lowest BCUT2D eigenvalue weighted by Gasteiger charge is -2.03. The van der Waals surface area contributed by atoms with Crippen LogP contribution < -0.4 is 5.32 Å². The van der Waals surface area contributed by atoms with E-state index in [0.29, 0.717) is 5.82 Å². The van der Waals surface area contributed by atoms with Gasteiger partial charge in [-0.15, -0.1) is 0 Å². The third-order valence-electron chi connectivity index (χ3n) is 1.74. The van der Waals surface area contributed by atoms with E-state index in [-0.39, 0.29) is 0 Å². The molecule has 6 heteroatoms. The second kappa shape index (κ2) is 3.91. The number of nitrogens with zero attached hydrogens (tertiary/aromatic N) is 3. The number of nitrogens with one attached hydrogen (secondary N) is 2. The lowest BCUT2D eigenvalue weighted by molar-refractivity contribution is 1.09. The van der Waals surface area contributed by atoms with Gasteiger partial charge in [0.25, 0.3) is 0 Å². The van der Waals surface area contributed by atoms with Crippen LogP contribution >= 0.6 is 22.6 Å². The molecule has 0 aromatic carbocycles. The summed E-state index contributed by atoms with van der Waals surface area (Å²) < 4.78 is 0.998. The van der Waals surface area contributed by atoms with E-state index in [4.69, 9.17) is 0 Å². The van der Waals surface area contributed by atoms with Crippen molar-refractivity contribution < 1.29 is 0 Å². The summed E-state index contributed by atoms with van der Waals surface area (Å²) in [5.74, 6) is 1.50. The van der Waals surface area contributed by atoms with E-state index >= 15 is 0 Å². The summed E-state index contributed by atoms with van der Waals surface area (Å²) in [6.45, 7) is 0. The highest BCUT2D eigenvalue weighted by molar-refractivity contribution is 14.1. The van der Waals surface area contributed by atoms with Crippen LogP contribution in [0.4, 0.5) is 5.82 Å². The third kappa shape index (κ3) is 1.69. The van der Waals surface area contributed by atoms with Crippen molar-refractivity contribution in [3.63, 3.8) is 0 Å². The summed E-state index contributed by atoms with van der Waals surface area (Å²) in [6.07, 6.45) is 5.24. The largest absolute Gasteiger partial charge is 0.372 e. The Labute approximate surface area is 94.5 Å². The maximum Gasteiger partial charge on any atom is 0.164 e. The molecule has 0 aliphatic heterocycles. The van der Waals surface area contributed by atoms with Crippen LogP contribution in [0.3, 0.4) is 0 Å². The fourth-order valence-electron chi connectivity index (χ4n) is 1.05. The molecule has 5 nitrogen and oxygen atoms in total. The van der Waals surface area contributed by atoms with E-state index in [1.807, 2.05) is 7.05 Å². The first kappa shape index (κ1) is 9.38. The monoisotopic (exact) mass is 301 g/mol. The van der Waals surface area contributed by atoms with Crippen molar-refractivity contribution >= 4 is 28.4 Å². The maximum absolute atomic E-state index is 4.34. The Morgan fingerprint density at radius 3 is 2.93 bits per heavy atom. The van der Waals surface area contributed by atoms with Gasteiger partial charge >= 0.3 is 0 Å². The van der Waals surface area contributed by atoms with Crippen molar-refractivity contribution in [2.75, 3.05) is 12.4 Å². The zero-order chi connectivity index (χ0) is 9.97. The fourth-order valence-corrected chi connectivity index (χ4v) is 1.58. The Bertz CT molecular complexity index is 425. The van der Waals surface area contributed by atoms with E-state index in [9.17, 15) is 0 Å². The van der Waals surface area contributed by atoms with Crippen LogP contribution in [0.5, 0.6) is 0 Å². The Morgan fingerprint density at radius 2 is 2.29 bits per heavy atom. The first-order chi connectivity index (χ1) is 6.81. The van der Waals surface area contributed by atoms with Gasteiger partial charge in [-0.3, -0.25) is 5.10 Å². The number of halogens is 1. The zero-order valence-corrected chi connectivity index (χ0v) is 9.61. The molecule has 72 valence electrons. The highest BCUT2D eigenvalue weighted by atomic mass is 127. The maximum atomic E-state index is 4.34. The van der Waals surface area contributed by atoms with Gasteiger partial charge in [0.2, 0.25) is 0 Å². The smallest absolute Gasteiger partial charge is 0.164 e. The summed E-state index contributed by atoms with van der Waals surface area (Å²) in [5, 5.41) is 9.59. The SMILES string of the molecule is CNc1nc(-c2cn[nH]c2)ncc1I. The van der Waals surface area contributed by atoms with Crippen LogP contribution in [0.25, 0.3) is 11.4 Å². The molecule has 0 saturated carbocycles. The molecule has 2 aromatic rings. The first-order valence-corrected chi connectivity index (χ1v) is 5.08. The average Bonchev–Trinajstić information content (AvgIpc) is 2.71. The van der Waals surface area contributed by atoms with Crippen molar-refractivity contribution in [2.24, 2.45) is 0 Å². The van der Waals surface area contributed by atoms with E-state index in [2.05, 4.69) is 48.1 Å². The molecule has 2 N–H and O–H groups in total. The van der Waals surface area contributed by atoms with E-state index in [1.54, 1.807) is 18.6 Å². The predicted octanol–water partition coefficient (Wildman–Crippen LogP) is 1.51. The molecule has 0 radical (unpaired) electrons. The van der Waals surface area contributed by atoms with Crippen molar-refractivity contribution in [3.8, 4) is 11.4 Å². The van der Waals surface area contributed by atoms with E-state index in [0.717, 1.165) is 15.0 Å². The minimum absolute atomic E-state index is 0.670. The molecular formula is C8H8IN5. The van der Waals surface area contributed by atoms with Gasteiger partial charge in [0.1, 0.15) is 5.82 Å². The molecule has 0 unspecified atom stereocenters.